The van der Waals surface area contributed by atoms with Crippen LogP contribution < -0.4 is 0 Å². The number of hydrogen-bond donors (Lipinski definition) is 0. The Hall–Kier alpha value is -2.16. The van der Waals surface area contributed by atoms with Gasteiger partial charge in [0.2, 0.25) is 0 Å². The molecule has 0 fully saturated rings. The zero-order chi connectivity index (χ0) is 20.2. The lowest BCUT2D eigenvalue weighted by Gasteiger charge is -2.10. The van der Waals surface area contributed by atoms with Crippen LogP contribution in [0.2, 0.25) is 5.02 Å². The molecule has 9 heteroatoms. The largest absolute Gasteiger partial charge is 0.334 e. The quantitative estimate of drug-likeness (QED) is 0.307. The topological polar surface area (TPSA) is 69.6 Å². The zero-order valence-corrected chi connectivity index (χ0v) is 18.5. The van der Waals surface area contributed by atoms with Gasteiger partial charge in [-0.05, 0) is 42.0 Å². The first-order valence-electron chi connectivity index (χ1n) is 9.28. The van der Waals surface area contributed by atoms with Crippen molar-refractivity contribution in [3.8, 4) is 22.2 Å². The van der Waals surface area contributed by atoms with Crippen molar-refractivity contribution < 1.29 is 4.52 Å². The van der Waals surface area contributed by atoms with Crippen molar-refractivity contribution in [2.45, 2.75) is 37.7 Å². The summed E-state index contributed by atoms with van der Waals surface area (Å²) in [7, 11) is 0. The van der Waals surface area contributed by atoms with Crippen molar-refractivity contribution in [3.05, 3.63) is 52.6 Å². The Morgan fingerprint density at radius 3 is 2.86 bits per heavy atom. The van der Waals surface area contributed by atoms with Gasteiger partial charge in [-0.15, -0.1) is 21.5 Å². The number of nitrogens with zero attached hydrogens (tertiary/aromatic N) is 5. The Kier molecular flexibility index (Phi) is 6.32. The van der Waals surface area contributed by atoms with Crippen LogP contribution >= 0.6 is 34.7 Å². The van der Waals surface area contributed by atoms with Gasteiger partial charge in [0.25, 0.3) is 5.89 Å². The summed E-state index contributed by atoms with van der Waals surface area (Å²) in [6.45, 7) is 5.32. The minimum Gasteiger partial charge on any atom is -0.334 e. The second-order valence-electron chi connectivity index (χ2n) is 6.93. The van der Waals surface area contributed by atoms with E-state index in [-0.39, 0.29) is 0 Å². The highest BCUT2D eigenvalue weighted by Gasteiger charge is 2.17. The maximum atomic E-state index is 6.05. The van der Waals surface area contributed by atoms with Crippen LogP contribution in [0.1, 0.15) is 26.1 Å². The molecule has 0 aliphatic carbocycles. The number of aromatic nitrogens is 5. The summed E-state index contributed by atoms with van der Waals surface area (Å²) in [4.78, 5) is 5.61. The van der Waals surface area contributed by atoms with Gasteiger partial charge >= 0.3 is 0 Å². The van der Waals surface area contributed by atoms with Gasteiger partial charge in [0.15, 0.2) is 16.8 Å². The van der Waals surface area contributed by atoms with Crippen molar-refractivity contribution >= 4 is 34.7 Å². The molecular formula is C20H20ClN5OS2. The monoisotopic (exact) mass is 445 g/mol. The molecule has 0 bridgehead atoms. The van der Waals surface area contributed by atoms with E-state index in [2.05, 4.69) is 50.2 Å². The summed E-state index contributed by atoms with van der Waals surface area (Å²) >= 11 is 9.28. The summed E-state index contributed by atoms with van der Waals surface area (Å²) in [5, 5.41) is 16.5. The molecular weight excluding hydrogens is 426 g/mol. The van der Waals surface area contributed by atoms with Crippen LogP contribution in [0.25, 0.3) is 22.2 Å². The van der Waals surface area contributed by atoms with E-state index >= 15 is 0 Å². The molecule has 4 aromatic rings. The molecule has 3 heterocycles. The number of rotatable bonds is 8. The molecule has 0 saturated heterocycles. The Morgan fingerprint density at radius 1 is 1.21 bits per heavy atom. The fourth-order valence-corrected chi connectivity index (χ4v) is 4.47. The van der Waals surface area contributed by atoms with Crippen molar-refractivity contribution in [2.75, 3.05) is 0 Å². The van der Waals surface area contributed by atoms with Gasteiger partial charge in [-0.1, -0.05) is 54.5 Å². The van der Waals surface area contributed by atoms with E-state index < -0.39 is 0 Å². The van der Waals surface area contributed by atoms with Crippen molar-refractivity contribution in [1.29, 1.82) is 0 Å². The molecule has 6 nitrogen and oxygen atoms in total. The Balaban J connectivity index is 1.51. The summed E-state index contributed by atoms with van der Waals surface area (Å²) in [6.07, 6.45) is 1.06. The molecule has 0 aliphatic heterocycles. The summed E-state index contributed by atoms with van der Waals surface area (Å²) in [5.41, 5.74) is 0.807. The van der Waals surface area contributed by atoms with E-state index in [0.717, 1.165) is 34.4 Å². The van der Waals surface area contributed by atoms with E-state index in [1.807, 2.05) is 30.3 Å². The third-order valence-corrected chi connectivity index (χ3v) is 6.32. The second-order valence-corrected chi connectivity index (χ2v) is 9.26. The van der Waals surface area contributed by atoms with Crippen LogP contribution in [-0.4, -0.2) is 24.9 Å². The molecule has 0 N–H and O–H groups in total. The first-order chi connectivity index (χ1) is 14.1. The first kappa shape index (κ1) is 20.1. The predicted molar refractivity (Wildman–Crippen MR) is 117 cm³/mol. The average molecular weight is 446 g/mol. The molecule has 4 rings (SSSR count). The molecule has 0 saturated carbocycles. The van der Waals surface area contributed by atoms with E-state index in [4.69, 9.17) is 16.1 Å². The minimum atomic E-state index is 0.462. The third-order valence-electron chi connectivity index (χ3n) is 4.26. The van der Waals surface area contributed by atoms with Gasteiger partial charge in [-0.3, -0.25) is 0 Å². The van der Waals surface area contributed by atoms with Gasteiger partial charge in [0.1, 0.15) is 0 Å². The maximum Gasteiger partial charge on any atom is 0.258 e. The number of halogens is 1. The smallest absolute Gasteiger partial charge is 0.258 e. The van der Waals surface area contributed by atoms with Crippen LogP contribution in [0.3, 0.4) is 0 Å². The highest BCUT2D eigenvalue weighted by Crippen LogP contribution is 2.29. The third kappa shape index (κ3) is 4.88. The lowest BCUT2D eigenvalue weighted by Crippen LogP contribution is -2.05. The van der Waals surface area contributed by atoms with Crippen molar-refractivity contribution in [2.24, 2.45) is 5.92 Å². The standard InChI is InChI=1S/C20H20ClN5OS2/c1-13(2)8-9-26-18(16-7-4-10-28-16)23-24-20(26)29-12-17-22-19(27-25-17)14-5-3-6-15(21)11-14/h3-7,10-11,13H,8-9,12H2,1-2H3. The second kappa shape index (κ2) is 9.11. The SMILES string of the molecule is CC(C)CCn1c(SCc2noc(-c3cccc(Cl)c3)n2)nnc1-c1cccs1. The molecule has 150 valence electrons. The van der Waals surface area contributed by atoms with E-state index in [1.54, 1.807) is 23.1 Å². The number of benzene rings is 1. The summed E-state index contributed by atoms with van der Waals surface area (Å²) < 4.78 is 7.58. The Labute approximate surface area is 182 Å². The summed E-state index contributed by atoms with van der Waals surface area (Å²) in [5.74, 6) is 3.14. The molecule has 0 aliphatic rings. The molecule has 1 aromatic carbocycles. The molecule has 0 radical (unpaired) electrons. The Morgan fingerprint density at radius 2 is 2.10 bits per heavy atom. The van der Waals surface area contributed by atoms with Crippen molar-refractivity contribution in [3.63, 3.8) is 0 Å². The Bertz CT molecular complexity index is 1070. The van der Waals surface area contributed by atoms with Gasteiger partial charge in [0.05, 0.1) is 10.6 Å². The minimum absolute atomic E-state index is 0.462. The normalized spacial score (nSPS) is 11.4. The zero-order valence-electron chi connectivity index (χ0n) is 16.1. The predicted octanol–water partition coefficient (Wildman–Crippen LogP) is 6.05. The highest BCUT2D eigenvalue weighted by molar-refractivity contribution is 7.98. The fourth-order valence-electron chi connectivity index (χ4n) is 2.75. The van der Waals surface area contributed by atoms with E-state index in [0.29, 0.717) is 28.4 Å². The van der Waals surface area contributed by atoms with Crippen LogP contribution in [0.4, 0.5) is 0 Å². The van der Waals surface area contributed by atoms with E-state index in [9.17, 15) is 0 Å². The van der Waals surface area contributed by atoms with Gasteiger partial charge in [0, 0.05) is 17.1 Å². The van der Waals surface area contributed by atoms with Crippen molar-refractivity contribution in [1.82, 2.24) is 24.9 Å². The van der Waals surface area contributed by atoms with E-state index in [1.165, 1.54) is 0 Å². The molecule has 3 aromatic heterocycles. The summed E-state index contributed by atoms with van der Waals surface area (Å²) in [6, 6.07) is 11.5. The highest BCUT2D eigenvalue weighted by atomic mass is 35.5. The van der Waals surface area contributed by atoms with Crippen LogP contribution in [0, 0.1) is 5.92 Å². The molecule has 0 spiro atoms. The van der Waals surface area contributed by atoms with Crippen LogP contribution in [-0.2, 0) is 12.3 Å². The lowest BCUT2D eigenvalue weighted by molar-refractivity contribution is 0.425. The lowest BCUT2D eigenvalue weighted by atomic mass is 10.1. The first-order valence-corrected chi connectivity index (χ1v) is 11.5. The maximum absolute atomic E-state index is 6.05. The van der Waals surface area contributed by atoms with Crippen LogP contribution in [0.5, 0.6) is 0 Å². The molecule has 0 amide bonds. The van der Waals surface area contributed by atoms with Crippen LogP contribution in [0.15, 0.2) is 51.5 Å². The fraction of sp³-hybridized carbons (Fsp3) is 0.300. The van der Waals surface area contributed by atoms with Gasteiger partial charge < -0.3 is 9.09 Å². The number of thioether (sulfide) groups is 1. The molecule has 0 atom stereocenters. The van der Waals surface area contributed by atoms with Gasteiger partial charge in [-0.2, -0.15) is 4.98 Å². The molecule has 0 unspecified atom stereocenters. The number of hydrogen-bond acceptors (Lipinski definition) is 7. The number of thiophene rings is 1. The molecule has 29 heavy (non-hydrogen) atoms. The average Bonchev–Trinajstić information content (AvgIpc) is 3.44. The van der Waals surface area contributed by atoms with Gasteiger partial charge in [-0.25, -0.2) is 0 Å².